The van der Waals surface area contributed by atoms with Crippen LogP contribution in [0.25, 0.3) is 0 Å². The van der Waals surface area contributed by atoms with E-state index >= 15 is 0 Å². The summed E-state index contributed by atoms with van der Waals surface area (Å²) in [5.74, 6) is 1.35. The van der Waals surface area contributed by atoms with E-state index in [-0.39, 0.29) is 0 Å². The summed E-state index contributed by atoms with van der Waals surface area (Å²) in [7, 11) is -0.659. The lowest BCUT2D eigenvalue weighted by molar-refractivity contribution is 0.548. The Morgan fingerprint density at radius 3 is 2.21 bits per heavy atom. The van der Waals surface area contributed by atoms with E-state index in [0.29, 0.717) is 17.2 Å². The number of rotatable bonds is 7. The number of hydrogen-bond acceptors (Lipinski definition) is 2. The fraction of sp³-hybridized carbons (Fsp3) is 1.00. The van der Waals surface area contributed by atoms with Crippen LogP contribution in [0.4, 0.5) is 0 Å². The maximum absolute atomic E-state index is 11.8. The van der Waals surface area contributed by atoms with Gasteiger partial charge in [0.1, 0.15) is 0 Å². The summed E-state index contributed by atoms with van der Waals surface area (Å²) in [6.07, 6.45) is 1.01. The lowest BCUT2D eigenvalue weighted by atomic mass is 10.2. The van der Waals surface area contributed by atoms with Crippen molar-refractivity contribution in [2.24, 2.45) is 5.92 Å². The molecular weight excluding hydrogens is 194 g/mol. The van der Waals surface area contributed by atoms with Crippen molar-refractivity contribution in [3.05, 3.63) is 0 Å². The zero-order valence-electron chi connectivity index (χ0n) is 10.2. The first kappa shape index (κ1) is 14.1. The highest BCUT2D eigenvalue weighted by Gasteiger charge is 2.15. The molecule has 0 bridgehead atoms. The van der Waals surface area contributed by atoms with Crippen molar-refractivity contribution >= 4 is 10.8 Å². The second-order valence-electron chi connectivity index (χ2n) is 4.28. The van der Waals surface area contributed by atoms with Crippen molar-refractivity contribution in [2.45, 2.75) is 52.3 Å². The Kier molecular flexibility index (Phi) is 7.47. The van der Waals surface area contributed by atoms with Gasteiger partial charge in [0.2, 0.25) is 0 Å². The summed E-state index contributed by atoms with van der Waals surface area (Å²) < 4.78 is 11.8. The third-order valence-electron chi connectivity index (χ3n) is 2.66. The summed E-state index contributed by atoms with van der Waals surface area (Å²) >= 11 is 0. The van der Waals surface area contributed by atoms with Gasteiger partial charge in [0, 0.05) is 27.8 Å². The zero-order valence-corrected chi connectivity index (χ0v) is 11.0. The van der Waals surface area contributed by atoms with Crippen LogP contribution in [-0.2, 0) is 10.8 Å². The topological polar surface area (TPSA) is 29.1 Å². The molecule has 3 unspecified atom stereocenters. The molecule has 86 valence electrons. The Bertz CT molecular complexity index is 171. The van der Waals surface area contributed by atoms with Gasteiger partial charge >= 0.3 is 0 Å². The number of hydrogen-bond donors (Lipinski definition) is 1. The molecule has 2 nitrogen and oxygen atoms in total. The summed E-state index contributed by atoms with van der Waals surface area (Å²) in [5.41, 5.74) is 0. The highest BCUT2D eigenvalue weighted by Crippen LogP contribution is 2.10. The molecule has 1 N–H and O–H groups in total. The predicted molar refractivity (Wildman–Crippen MR) is 65.1 cm³/mol. The molecule has 0 aliphatic rings. The normalized spacial score (nSPS) is 18.1. The molecule has 0 saturated carbocycles. The molecule has 0 fully saturated rings. The molecule has 0 aliphatic carbocycles. The third kappa shape index (κ3) is 5.76. The average Bonchev–Trinajstić information content (AvgIpc) is 2.13. The molecule has 0 amide bonds. The average molecular weight is 219 g/mol. The van der Waals surface area contributed by atoms with E-state index in [1.54, 1.807) is 0 Å². The fourth-order valence-corrected chi connectivity index (χ4v) is 2.80. The Morgan fingerprint density at radius 1 is 1.21 bits per heavy atom. The van der Waals surface area contributed by atoms with E-state index in [1.807, 2.05) is 0 Å². The highest BCUT2D eigenvalue weighted by molar-refractivity contribution is 7.85. The van der Waals surface area contributed by atoms with Crippen LogP contribution in [0.3, 0.4) is 0 Å². The largest absolute Gasteiger partial charge is 0.315 e. The van der Waals surface area contributed by atoms with E-state index in [2.05, 4.69) is 39.9 Å². The molecule has 0 radical (unpaired) electrons. The Hall–Kier alpha value is 0.110. The van der Waals surface area contributed by atoms with Crippen LogP contribution >= 0.6 is 0 Å². The van der Waals surface area contributed by atoms with Gasteiger partial charge in [-0.25, -0.2) is 0 Å². The van der Waals surface area contributed by atoms with Gasteiger partial charge in [-0.1, -0.05) is 27.7 Å². The van der Waals surface area contributed by atoms with Gasteiger partial charge in [0.25, 0.3) is 0 Å². The summed E-state index contributed by atoms with van der Waals surface area (Å²) in [5, 5.41) is 3.66. The maximum Gasteiger partial charge on any atom is 0.0342 e. The molecule has 0 spiro atoms. The van der Waals surface area contributed by atoms with Crippen molar-refractivity contribution in [3.63, 3.8) is 0 Å². The molecular formula is C11H25NOS. The second kappa shape index (κ2) is 7.41. The van der Waals surface area contributed by atoms with Crippen molar-refractivity contribution in [2.75, 3.05) is 12.3 Å². The Morgan fingerprint density at radius 2 is 1.79 bits per heavy atom. The summed E-state index contributed by atoms with van der Waals surface area (Å²) in [6.45, 7) is 11.6. The molecule has 0 heterocycles. The molecule has 0 aromatic heterocycles. The molecule has 0 aromatic rings. The standard InChI is InChI=1S/C11H25NOS/c1-6-12-10(4)7-8-14(13)11(5)9(2)3/h9-12H,6-8H2,1-5H3. The highest BCUT2D eigenvalue weighted by atomic mass is 32.2. The first-order chi connectivity index (χ1) is 6.49. The van der Waals surface area contributed by atoms with Gasteiger partial charge in [-0.3, -0.25) is 4.21 Å². The van der Waals surface area contributed by atoms with Gasteiger partial charge in [-0.05, 0) is 25.8 Å². The first-order valence-corrected chi connectivity index (χ1v) is 6.97. The molecule has 0 aliphatic heterocycles. The van der Waals surface area contributed by atoms with Crippen molar-refractivity contribution < 1.29 is 4.21 Å². The smallest absolute Gasteiger partial charge is 0.0342 e. The van der Waals surface area contributed by atoms with Crippen LogP contribution in [0.2, 0.25) is 0 Å². The third-order valence-corrected chi connectivity index (χ3v) is 4.67. The molecule has 0 rings (SSSR count). The van der Waals surface area contributed by atoms with Crippen molar-refractivity contribution in [1.82, 2.24) is 5.32 Å². The molecule has 3 atom stereocenters. The summed E-state index contributed by atoms with van der Waals surface area (Å²) in [4.78, 5) is 0. The van der Waals surface area contributed by atoms with Gasteiger partial charge < -0.3 is 5.32 Å². The quantitative estimate of drug-likeness (QED) is 0.711. The minimum absolute atomic E-state index is 0.323. The fourth-order valence-electron chi connectivity index (χ4n) is 1.23. The van der Waals surface area contributed by atoms with Crippen LogP contribution in [0.15, 0.2) is 0 Å². The van der Waals surface area contributed by atoms with Gasteiger partial charge in [0.15, 0.2) is 0 Å². The van der Waals surface area contributed by atoms with Crippen LogP contribution < -0.4 is 5.32 Å². The van der Waals surface area contributed by atoms with Crippen molar-refractivity contribution in [3.8, 4) is 0 Å². The minimum Gasteiger partial charge on any atom is -0.315 e. The van der Waals surface area contributed by atoms with E-state index in [0.717, 1.165) is 18.7 Å². The van der Waals surface area contributed by atoms with E-state index in [1.165, 1.54) is 0 Å². The lowest BCUT2D eigenvalue weighted by Crippen LogP contribution is -2.29. The lowest BCUT2D eigenvalue weighted by Gasteiger charge is -2.17. The van der Waals surface area contributed by atoms with Gasteiger partial charge in [0.05, 0.1) is 0 Å². The Balaban J connectivity index is 3.73. The molecule has 14 heavy (non-hydrogen) atoms. The van der Waals surface area contributed by atoms with Gasteiger partial charge in [-0.2, -0.15) is 0 Å². The first-order valence-electron chi connectivity index (χ1n) is 5.59. The van der Waals surface area contributed by atoms with Gasteiger partial charge in [-0.15, -0.1) is 0 Å². The minimum atomic E-state index is -0.659. The number of nitrogens with one attached hydrogen (secondary N) is 1. The SMILES string of the molecule is CCNC(C)CCS(=O)C(C)C(C)C. The van der Waals surface area contributed by atoms with Crippen LogP contribution in [0.5, 0.6) is 0 Å². The molecule has 0 saturated heterocycles. The molecule has 0 aromatic carbocycles. The van der Waals surface area contributed by atoms with E-state index in [4.69, 9.17) is 0 Å². The van der Waals surface area contributed by atoms with Crippen LogP contribution in [0, 0.1) is 5.92 Å². The monoisotopic (exact) mass is 219 g/mol. The maximum atomic E-state index is 11.8. The summed E-state index contributed by atoms with van der Waals surface area (Å²) in [6, 6.07) is 0.489. The molecule has 3 heteroatoms. The van der Waals surface area contributed by atoms with Crippen LogP contribution in [0.1, 0.15) is 41.0 Å². The van der Waals surface area contributed by atoms with Crippen LogP contribution in [-0.4, -0.2) is 27.8 Å². The Labute approximate surface area is 91.3 Å². The van der Waals surface area contributed by atoms with E-state index < -0.39 is 10.8 Å². The zero-order chi connectivity index (χ0) is 11.1. The van der Waals surface area contributed by atoms with E-state index in [9.17, 15) is 4.21 Å². The predicted octanol–water partition coefficient (Wildman–Crippen LogP) is 2.17. The van der Waals surface area contributed by atoms with Crippen molar-refractivity contribution in [1.29, 1.82) is 0 Å². The second-order valence-corrected chi connectivity index (χ2v) is 6.19.